The van der Waals surface area contributed by atoms with Crippen LogP contribution in [-0.4, -0.2) is 43.3 Å². The second-order valence-corrected chi connectivity index (χ2v) is 6.19. The molecule has 0 aliphatic carbocycles. The van der Waals surface area contributed by atoms with Crippen LogP contribution in [0.3, 0.4) is 0 Å². The molecule has 1 aromatic carbocycles. The van der Waals surface area contributed by atoms with Crippen molar-refractivity contribution in [3.8, 4) is 0 Å². The number of nitro groups is 1. The highest BCUT2D eigenvalue weighted by Crippen LogP contribution is 2.21. The van der Waals surface area contributed by atoms with Crippen LogP contribution in [0.15, 0.2) is 24.3 Å². The van der Waals surface area contributed by atoms with Gasteiger partial charge < -0.3 is 9.84 Å². The fourth-order valence-electron chi connectivity index (χ4n) is 1.69. The number of rotatable bonds is 7. The summed E-state index contributed by atoms with van der Waals surface area (Å²) in [5, 5.41) is 20.7. The van der Waals surface area contributed by atoms with Crippen molar-refractivity contribution in [3.63, 3.8) is 0 Å². The molecule has 122 valence electrons. The van der Waals surface area contributed by atoms with Gasteiger partial charge in [-0.05, 0) is 24.6 Å². The lowest BCUT2D eigenvalue weighted by molar-refractivity contribution is -0.384. The molecule has 0 aliphatic heterocycles. The van der Waals surface area contributed by atoms with Gasteiger partial charge in [0.25, 0.3) is 5.69 Å². The molecule has 1 rings (SSSR count). The molecule has 0 unspecified atom stereocenters. The smallest absolute Gasteiger partial charge is 0.327 e. The number of carbonyl (C=O) groups is 1. The van der Waals surface area contributed by atoms with E-state index in [2.05, 4.69) is 0 Å². The molecule has 2 N–H and O–H groups in total. The van der Waals surface area contributed by atoms with Crippen molar-refractivity contribution in [2.45, 2.75) is 19.1 Å². The predicted molar refractivity (Wildman–Crippen MR) is 76.5 cm³/mol. The van der Waals surface area contributed by atoms with Crippen LogP contribution in [0.4, 0.5) is 5.69 Å². The highest BCUT2D eigenvalue weighted by molar-refractivity contribution is 7.88. The van der Waals surface area contributed by atoms with Crippen LogP contribution in [-0.2, 0) is 19.6 Å². The third-order valence-corrected chi connectivity index (χ3v) is 3.32. The molecule has 10 heteroatoms. The topological polar surface area (TPSA) is 136 Å². The van der Waals surface area contributed by atoms with Crippen molar-refractivity contribution >= 4 is 21.7 Å². The summed E-state index contributed by atoms with van der Waals surface area (Å²) in [4.78, 5) is 21.8. The number of ether oxygens (including phenoxy) is 1. The number of hydrogen-bond donors (Lipinski definition) is 2. The van der Waals surface area contributed by atoms with Gasteiger partial charge in [-0.3, -0.25) is 14.9 Å². The van der Waals surface area contributed by atoms with Gasteiger partial charge in [-0.25, -0.2) is 8.42 Å². The van der Waals surface area contributed by atoms with E-state index in [1.807, 2.05) is 4.72 Å². The monoisotopic (exact) mass is 332 g/mol. The molecule has 0 aromatic heterocycles. The molecule has 0 saturated carbocycles. The first-order valence-electron chi connectivity index (χ1n) is 6.22. The Balaban J connectivity index is 3.06. The summed E-state index contributed by atoms with van der Waals surface area (Å²) >= 11 is 0. The lowest BCUT2D eigenvalue weighted by Gasteiger charge is -2.21. The Labute approximate surface area is 127 Å². The van der Waals surface area contributed by atoms with Gasteiger partial charge in [0.15, 0.2) is 0 Å². The molecule has 0 fully saturated rings. The second kappa shape index (κ2) is 7.29. The number of hydrogen-bond acceptors (Lipinski definition) is 7. The maximum Gasteiger partial charge on any atom is 0.327 e. The van der Waals surface area contributed by atoms with Crippen molar-refractivity contribution < 1.29 is 28.0 Å². The van der Waals surface area contributed by atoms with Crippen LogP contribution in [0.2, 0.25) is 0 Å². The Hall–Kier alpha value is -2.04. The molecule has 0 aliphatic rings. The average Bonchev–Trinajstić information content (AvgIpc) is 2.43. The first-order valence-corrected chi connectivity index (χ1v) is 8.11. The lowest BCUT2D eigenvalue weighted by Crippen LogP contribution is -2.45. The van der Waals surface area contributed by atoms with E-state index >= 15 is 0 Å². The predicted octanol–water partition coefficient (Wildman–Crippen LogP) is 0.109. The SMILES string of the molecule is CCOC(=O)[C@@H](NS(C)(=O)=O)[C@@H](O)c1ccc([N+](=O)[O-])cc1. The number of non-ortho nitro benzene ring substituents is 1. The number of sulfonamides is 1. The third-order valence-electron chi connectivity index (χ3n) is 2.64. The van der Waals surface area contributed by atoms with Crippen LogP contribution < -0.4 is 4.72 Å². The largest absolute Gasteiger partial charge is 0.465 e. The molecular weight excluding hydrogens is 316 g/mol. The maximum atomic E-state index is 11.8. The summed E-state index contributed by atoms with van der Waals surface area (Å²) in [6, 6.07) is 3.21. The summed E-state index contributed by atoms with van der Waals surface area (Å²) in [6.45, 7) is 1.54. The highest BCUT2D eigenvalue weighted by atomic mass is 32.2. The Morgan fingerprint density at radius 2 is 1.95 bits per heavy atom. The molecule has 0 spiro atoms. The fourth-order valence-corrected chi connectivity index (χ4v) is 2.38. The summed E-state index contributed by atoms with van der Waals surface area (Å²) in [7, 11) is -3.78. The molecule has 0 radical (unpaired) electrons. The number of nitrogens with one attached hydrogen (secondary N) is 1. The van der Waals surface area contributed by atoms with Crippen LogP contribution in [0, 0.1) is 10.1 Å². The van der Waals surface area contributed by atoms with Crippen LogP contribution >= 0.6 is 0 Å². The molecule has 2 atom stereocenters. The number of aliphatic hydroxyl groups is 1. The average molecular weight is 332 g/mol. The van der Waals surface area contributed by atoms with E-state index in [1.54, 1.807) is 0 Å². The van der Waals surface area contributed by atoms with E-state index in [1.165, 1.54) is 19.1 Å². The van der Waals surface area contributed by atoms with Crippen molar-refractivity contribution in [2.75, 3.05) is 12.9 Å². The second-order valence-electron chi connectivity index (χ2n) is 4.41. The van der Waals surface area contributed by atoms with E-state index < -0.39 is 33.1 Å². The highest BCUT2D eigenvalue weighted by Gasteiger charge is 2.32. The van der Waals surface area contributed by atoms with E-state index in [0.717, 1.165) is 18.4 Å². The number of nitrogens with zero attached hydrogens (tertiary/aromatic N) is 1. The van der Waals surface area contributed by atoms with Gasteiger partial charge in [-0.1, -0.05) is 0 Å². The first kappa shape index (κ1) is 18.0. The number of esters is 1. The van der Waals surface area contributed by atoms with Gasteiger partial charge in [0.05, 0.1) is 17.8 Å². The van der Waals surface area contributed by atoms with Crippen molar-refractivity contribution in [3.05, 3.63) is 39.9 Å². The Bertz CT molecular complexity index is 642. The maximum absolute atomic E-state index is 11.8. The van der Waals surface area contributed by atoms with Crippen LogP contribution in [0.1, 0.15) is 18.6 Å². The van der Waals surface area contributed by atoms with Crippen molar-refractivity contribution in [1.82, 2.24) is 4.72 Å². The first-order chi connectivity index (χ1) is 10.2. The quantitative estimate of drug-likeness (QED) is 0.411. The van der Waals surface area contributed by atoms with Gasteiger partial charge in [0.1, 0.15) is 12.1 Å². The zero-order chi connectivity index (χ0) is 16.9. The number of benzene rings is 1. The summed E-state index contributed by atoms with van der Waals surface area (Å²) in [5.41, 5.74) is -0.0560. The van der Waals surface area contributed by atoms with Gasteiger partial charge in [-0.15, -0.1) is 0 Å². The molecular formula is C12H16N2O7S. The minimum atomic E-state index is -3.78. The summed E-state index contributed by atoms with van der Waals surface area (Å²) in [5.74, 6) is -0.946. The van der Waals surface area contributed by atoms with E-state index in [4.69, 9.17) is 4.74 Å². The number of nitro benzene ring substituents is 1. The lowest BCUT2D eigenvalue weighted by atomic mass is 10.0. The van der Waals surface area contributed by atoms with Gasteiger partial charge >= 0.3 is 5.97 Å². The number of carbonyl (C=O) groups excluding carboxylic acids is 1. The van der Waals surface area contributed by atoms with Crippen molar-refractivity contribution in [2.24, 2.45) is 0 Å². The van der Waals surface area contributed by atoms with Gasteiger partial charge in [-0.2, -0.15) is 4.72 Å². The van der Waals surface area contributed by atoms with E-state index in [9.17, 15) is 28.4 Å². The van der Waals surface area contributed by atoms with Crippen molar-refractivity contribution in [1.29, 1.82) is 0 Å². The normalized spacial score (nSPS) is 14.1. The number of aliphatic hydroxyl groups excluding tert-OH is 1. The third kappa shape index (κ3) is 5.06. The summed E-state index contributed by atoms with van der Waals surface area (Å²) in [6.07, 6.45) is -0.712. The molecule has 0 bridgehead atoms. The van der Waals surface area contributed by atoms with Gasteiger partial charge in [0.2, 0.25) is 10.0 Å². The minimum Gasteiger partial charge on any atom is -0.465 e. The van der Waals surface area contributed by atoms with Crippen LogP contribution in [0.25, 0.3) is 0 Å². The molecule has 9 nitrogen and oxygen atoms in total. The zero-order valence-electron chi connectivity index (χ0n) is 11.9. The van der Waals surface area contributed by atoms with Gasteiger partial charge in [0, 0.05) is 12.1 Å². The minimum absolute atomic E-state index is 0.00770. The molecule has 1 aromatic rings. The summed E-state index contributed by atoms with van der Waals surface area (Å²) < 4.78 is 29.3. The Morgan fingerprint density at radius 3 is 2.36 bits per heavy atom. The standard InChI is InChI=1S/C12H16N2O7S/c1-3-21-12(16)10(13-22(2,19)20)11(15)8-4-6-9(7-5-8)14(17)18/h4-7,10-11,13,15H,3H2,1-2H3/t10-,11-/m0/s1. The Kier molecular flexibility index (Phi) is 5.97. The Morgan fingerprint density at radius 1 is 1.41 bits per heavy atom. The fraction of sp³-hybridized carbons (Fsp3) is 0.417. The molecule has 22 heavy (non-hydrogen) atoms. The van der Waals surface area contributed by atoms with E-state index in [-0.39, 0.29) is 17.9 Å². The molecule has 0 heterocycles. The molecule has 0 amide bonds. The van der Waals surface area contributed by atoms with E-state index in [0.29, 0.717) is 0 Å². The van der Waals surface area contributed by atoms with Crippen LogP contribution in [0.5, 0.6) is 0 Å². The zero-order valence-corrected chi connectivity index (χ0v) is 12.7. The molecule has 0 saturated heterocycles.